The van der Waals surface area contributed by atoms with Gasteiger partial charge in [-0.2, -0.15) is 0 Å². The molecule has 3 heteroatoms. The van der Waals surface area contributed by atoms with Gasteiger partial charge in [-0.25, -0.2) is 0 Å². The van der Waals surface area contributed by atoms with Gasteiger partial charge in [0.25, 0.3) is 0 Å². The molecule has 1 atom stereocenters. The third-order valence-corrected chi connectivity index (χ3v) is 3.61. The zero-order valence-corrected chi connectivity index (χ0v) is 9.71. The molecule has 0 amide bonds. The Morgan fingerprint density at radius 1 is 1.20 bits per heavy atom. The molecule has 0 aliphatic carbocycles. The Morgan fingerprint density at radius 2 is 2.07 bits per heavy atom. The second-order valence-corrected chi connectivity index (χ2v) is 4.81. The van der Waals surface area contributed by atoms with Crippen LogP contribution in [0.25, 0.3) is 0 Å². The van der Waals surface area contributed by atoms with Crippen molar-refractivity contribution in [2.24, 2.45) is 5.92 Å². The van der Waals surface area contributed by atoms with Crippen molar-refractivity contribution < 1.29 is 4.74 Å². The quantitative estimate of drug-likeness (QED) is 0.758. The highest BCUT2D eigenvalue weighted by Crippen LogP contribution is 2.15. The maximum Gasteiger partial charge on any atom is 0.0594 e. The largest absolute Gasteiger partial charge is 0.379 e. The molecule has 0 aromatic rings. The Bertz CT molecular complexity index is 161. The zero-order chi connectivity index (χ0) is 10.3. The van der Waals surface area contributed by atoms with Crippen molar-refractivity contribution in [1.29, 1.82) is 0 Å². The molecule has 0 spiro atoms. The van der Waals surface area contributed by atoms with Crippen LogP contribution in [0.15, 0.2) is 0 Å². The van der Waals surface area contributed by atoms with Crippen LogP contribution in [-0.2, 0) is 4.74 Å². The maximum atomic E-state index is 5.36. The van der Waals surface area contributed by atoms with Gasteiger partial charge in [-0.1, -0.05) is 6.42 Å². The first-order valence-electron chi connectivity index (χ1n) is 6.46. The van der Waals surface area contributed by atoms with Crippen molar-refractivity contribution >= 4 is 0 Å². The molecule has 15 heavy (non-hydrogen) atoms. The molecule has 0 aromatic heterocycles. The highest BCUT2D eigenvalue weighted by molar-refractivity contribution is 4.70. The minimum absolute atomic E-state index is 0.912. The number of rotatable bonds is 3. The molecule has 3 nitrogen and oxygen atoms in total. The van der Waals surface area contributed by atoms with Crippen molar-refractivity contribution in [1.82, 2.24) is 10.2 Å². The van der Waals surface area contributed by atoms with E-state index in [9.17, 15) is 0 Å². The third kappa shape index (κ3) is 4.09. The summed E-state index contributed by atoms with van der Waals surface area (Å²) in [6.45, 7) is 7.89. The molecule has 2 rings (SSSR count). The average molecular weight is 212 g/mol. The topological polar surface area (TPSA) is 24.5 Å². The molecule has 1 N–H and O–H groups in total. The number of nitrogens with one attached hydrogen (secondary N) is 1. The summed E-state index contributed by atoms with van der Waals surface area (Å²) in [6, 6.07) is 0. The van der Waals surface area contributed by atoms with E-state index >= 15 is 0 Å². The van der Waals surface area contributed by atoms with E-state index in [1.54, 1.807) is 0 Å². The van der Waals surface area contributed by atoms with E-state index in [1.165, 1.54) is 45.3 Å². The summed E-state index contributed by atoms with van der Waals surface area (Å²) in [4.78, 5) is 2.55. The molecule has 2 aliphatic heterocycles. The van der Waals surface area contributed by atoms with E-state index in [2.05, 4.69) is 10.2 Å². The standard InChI is InChI=1S/C12H24N2O/c1-2-5-13-11-12(3-1)4-6-14-7-9-15-10-8-14/h12-13H,1-11H2. The predicted octanol–water partition coefficient (Wildman–Crippen LogP) is 1.10. The number of ether oxygens (including phenoxy) is 1. The van der Waals surface area contributed by atoms with Crippen LogP contribution >= 0.6 is 0 Å². The molecular weight excluding hydrogens is 188 g/mol. The molecule has 0 aromatic carbocycles. The number of nitrogens with zero attached hydrogens (tertiary/aromatic N) is 1. The molecular formula is C12H24N2O. The van der Waals surface area contributed by atoms with E-state index < -0.39 is 0 Å². The van der Waals surface area contributed by atoms with Gasteiger partial charge in [0.1, 0.15) is 0 Å². The Labute approximate surface area is 93.2 Å². The number of hydrogen-bond acceptors (Lipinski definition) is 3. The van der Waals surface area contributed by atoms with Gasteiger partial charge in [-0.15, -0.1) is 0 Å². The van der Waals surface area contributed by atoms with E-state index in [-0.39, 0.29) is 0 Å². The van der Waals surface area contributed by atoms with Crippen LogP contribution in [0, 0.1) is 5.92 Å². The summed E-state index contributed by atoms with van der Waals surface area (Å²) >= 11 is 0. The minimum atomic E-state index is 0.912. The molecule has 2 heterocycles. The Kier molecular flexibility index (Phi) is 4.90. The van der Waals surface area contributed by atoms with Gasteiger partial charge >= 0.3 is 0 Å². The Hall–Kier alpha value is -0.120. The first-order valence-corrected chi connectivity index (χ1v) is 6.46. The van der Waals surface area contributed by atoms with Crippen molar-refractivity contribution in [3.8, 4) is 0 Å². The molecule has 88 valence electrons. The van der Waals surface area contributed by atoms with E-state index in [0.29, 0.717) is 0 Å². The van der Waals surface area contributed by atoms with Crippen LogP contribution in [0.4, 0.5) is 0 Å². The highest BCUT2D eigenvalue weighted by atomic mass is 16.5. The summed E-state index contributed by atoms with van der Waals surface area (Å²) < 4.78 is 5.36. The fourth-order valence-electron chi connectivity index (χ4n) is 2.53. The monoisotopic (exact) mass is 212 g/mol. The smallest absolute Gasteiger partial charge is 0.0594 e. The zero-order valence-electron chi connectivity index (χ0n) is 9.71. The lowest BCUT2D eigenvalue weighted by Gasteiger charge is -2.28. The number of morpholine rings is 1. The fourth-order valence-corrected chi connectivity index (χ4v) is 2.53. The lowest BCUT2D eigenvalue weighted by Crippen LogP contribution is -2.38. The van der Waals surface area contributed by atoms with Crippen LogP contribution in [0.2, 0.25) is 0 Å². The predicted molar refractivity (Wildman–Crippen MR) is 62.1 cm³/mol. The second-order valence-electron chi connectivity index (χ2n) is 4.81. The van der Waals surface area contributed by atoms with Crippen molar-refractivity contribution in [2.45, 2.75) is 25.7 Å². The first-order chi connectivity index (χ1) is 7.45. The van der Waals surface area contributed by atoms with E-state index in [0.717, 1.165) is 32.2 Å². The van der Waals surface area contributed by atoms with E-state index in [4.69, 9.17) is 4.74 Å². The fraction of sp³-hybridized carbons (Fsp3) is 1.00. The minimum Gasteiger partial charge on any atom is -0.379 e. The maximum absolute atomic E-state index is 5.36. The van der Waals surface area contributed by atoms with Gasteiger partial charge in [-0.3, -0.25) is 4.90 Å². The van der Waals surface area contributed by atoms with Crippen LogP contribution in [0.5, 0.6) is 0 Å². The van der Waals surface area contributed by atoms with Gasteiger partial charge < -0.3 is 10.1 Å². The van der Waals surface area contributed by atoms with Crippen molar-refractivity contribution in [2.75, 3.05) is 45.9 Å². The lowest BCUT2D eigenvalue weighted by molar-refractivity contribution is 0.0353. The molecule has 0 bridgehead atoms. The average Bonchev–Trinajstić information content (AvgIpc) is 2.56. The molecule has 1 unspecified atom stereocenters. The second kappa shape index (κ2) is 6.46. The van der Waals surface area contributed by atoms with Gasteiger partial charge in [0.15, 0.2) is 0 Å². The highest BCUT2D eigenvalue weighted by Gasteiger charge is 2.15. The van der Waals surface area contributed by atoms with Crippen molar-refractivity contribution in [3.05, 3.63) is 0 Å². The normalized spacial score (nSPS) is 30.0. The van der Waals surface area contributed by atoms with Crippen LogP contribution < -0.4 is 5.32 Å². The molecule has 2 saturated heterocycles. The lowest BCUT2D eigenvalue weighted by atomic mass is 9.99. The Morgan fingerprint density at radius 3 is 2.93 bits per heavy atom. The van der Waals surface area contributed by atoms with E-state index in [1.807, 2.05) is 0 Å². The van der Waals surface area contributed by atoms with Crippen LogP contribution in [-0.4, -0.2) is 50.8 Å². The summed E-state index contributed by atoms with van der Waals surface area (Å²) in [6.07, 6.45) is 5.58. The van der Waals surface area contributed by atoms with Crippen LogP contribution in [0.3, 0.4) is 0 Å². The summed E-state index contributed by atoms with van der Waals surface area (Å²) in [5.74, 6) is 0.912. The molecule has 0 saturated carbocycles. The summed E-state index contributed by atoms with van der Waals surface area (Å²) in [5, 5.41) is 3.54. The Balaban J connectivity index is 1.62. The SMILES string of the molecule is C1CCC(CCN2CCOCC2)CNC1. The first kappa shape index (κ1) is 11.4. The number of hydrogen-bond donors (Lipinski definition) is 1. The molecule has 2 aliphatic rings. The van der Waals surface area contributed by atoms with Gasteiger partial charge in [0.05, 0.1) is 13.2 Å². The van der Waals surface area contributed by atoms with Gasteiger partial charge in [0, 0.05) is 13.1 Å². The third-order valence-electron chi connectivity index (χ3n) is 3.61. The summed E-state index contributed by atoms with van der Waals surface area (Å²) in [7, 11) is 0. The van der Waals surface area contributed by atoms with Crippen molar-refractivity contribution in [3.63, 3.8) is 0 Å². The van der Waals surface area contributed by atoms with Crippen LogP contribution in [0.1, 0.15) is 25.7 Å². The summed E-state index contributed by atoms with van der Waals surface area (Å²) in [5.41, 5.74) is 0. The van der Waals surface area contributed by atoms with Gasteiger partial charge in [-0.05, 0) is 44.8 Å². The molecule has 0 radical (unpaired) electrons. The van der Waals surface area contributed by atoms with Gasteiger partial charge in [0.2, 0.25) is 0 Å². The molecule has 2 fully saturated rings.